The number of carbonyl (C=O) groups is 1. The zero-order valence-electron chi connectivity index (χ0n) is 14.9. The first-order chi connectivity index (χ1) is 11.3. The molecule has 0 aliphatic rings. The van der Waals surface area contributed by atoms with Gasteiger partial charge in [-0.15, -0.1) is 0 Å². The SMILES string of the molecule is Cc1cccc(C(C)C)c1NC(=O)COc1c(C)cc(Br)cc1C. The van der Waals surface area contributed by atoms with Gasteiger partial charge < -0.3 is 10.1 Å². The minimum absolute atomic E-state index is 0.00478. The molecular formula is C20H24BrNO2. The Morgan fingerprint density at radius 1 is 1.12 bits per heavy atom. The van der Waals surface area contributed by atoms with Crippen LogP contribution in [0.15, 0.2) is 34.8 Å². The van der Waals surface area contributed by atoms with Crippen LogP contribution < -0.4 is 10.1 Å². The van der Waals surface area contributed by atoms with Gasteiger partial charge in [-0.05, 0) is 61.1 Å². The summed E-state index contributed by atoms with van der Waals surface area (Å²) in [6, 6.07) is 10.0. The molecule has 0 aliphatic carbocycles. The average molecular weight is 390 g/mol. The molecule has 0 unspecified atom stereocenters. The van der Waals surface area contributed by atoms with Crippen molar-refractivity contribution in [3.63, 3.8) is 0 Å². The van der Waals surface area contributed by atoms with Gasteiger partial charge in [0.2, 0.25) is 0 Å². The van der Waals surface area contributed by atoms with Crippen molar-refractivity contribution < 1.29 is 9.53 Å². The summed E-state index contributed by atoms with van der Waals surface area (Å²) in [5.74, 6) is 0.965. The summed E-state index contributed by atoms with van der Waals surface area (Å²) in [5.41, 5.74) is 5.11. The van der Waals surface area contributed by atoms with E-state index in [0.29, 0.717) is 5.92 Å². The van der Waals surface area contributed by atoms with Crippen LogP contribution in [0.4, 0.5) is 5.69 Å². The summed E-state index contributed by atoms with van der Waals surface area (Å²) in [5, 5.41) is 3.01. The number of amides is 1. The van der Waals surface area contributed by atoms with Crippen LogP contribution in [0.25, 0.3) is 0 Å². The van der Waals surface area contributed by atoms with Gasteiger partial charge in [-0.2, -0.15) is 0 Å². The maximum Gasteiger partial charge on any atom is 0.262 e. The zero-order chi connectivity index (χ0) is 17.9. The Bertz CT molecular complexity index is 730. The molecule has 0 saturated carbocycles. The Labute approximate surface area is 152 Å². The zero-order valence-corrected chi connectivity index (χ0v) is 16.5. The van der Waals surface area contributed by atoms with E-state index in [0.717, 1.165) is 38.2 Å². The van der Waals surface area contributed by atoms with Crippen LogP contribution in [0.2, 0.25) is 0 Å². The van der Waals surface area contributed by atoms with Gasteiger partial charge in [0, 0.05) is 10.2 Å². The lowest BCUT2D eigenvalue weighted by Crippen LogP contribution is -2.22. The minimum Gasteiger partial charge on any atom is -0.483 e. The highest BCUT2D eigenvalue weighted by atomic mass is 79.9. The van der Waals surface area contributed by atoms with Gasteiger partial charge in [-0.3, -0.25) is 4.79 Å². The van der Waals surface area contributed by atoms with E-state index in [1.54, 1.807) is 0 Å². The molecule has 0 atom stereocenters. The van der Waals surface area contributed by atoms with Crippen LogP contribution in [-0.2, 0) is 4.79 Å². The number of hydrogen-bond acceptors (Lipinski definition) is 2. The molecule has 0 bridgehead atoms. The molecule has 0 aromatic heterocycles. The number of benzene rings is 2. The molecule has 0 radical (unpaired) electrons. The monoisotopic (exact) mass is 389 g/mol. The summed E-state index contributed by atoms with van der Waals surface area (Å²) < 4.78 is 6.77. The second-order valence-corrected chi connectivity index (χ2v) is 7.32. The number of rotatable bonds is 5. The Morgan fingerprint density at radius 3 is 2.33 bits per heavy atom. The lowest BCUT2D eigenvalue weighted by molar-refractivity contribution is -0.118. The van der Waals surface area contributed by atoms with E-state index < -0.39 is 0 Å². The van der Waals surface area contributed by atoms with Crippen molar-refractivity contribution >= 4 is 27.5 Å². The van der Waals surface area contributed by atoms with Crippen LogP contribution in [-0.4, -0.2) is 12.5 Å². The van der Waals surface area contributed by atoms with Crippen LogP contribution in [0.1, 0.15) is 42.0 Å². The van der Waals surface area contributed by atoms with E-state index in [-0.39, 0.29) is 12.5 Å². The summed E-state index contributed by atoms with van der Waals surface area (Å²) in [6.45, 7) is 10.2. The molecule has 1 N–H and O–H groups in total. The van der Waals surface area contributed by atoms with Crippen LogP contribution >= 0.6 is 15.9 Å². The molecule has 0 aliphatic heterocycles. The van der Waals surface area contributed by atoms with Crippen LogP contribution in [0.3, 0.4) is 0 Å². The first kappa shape index (κ1) is 18.5. The number of anilines is 1. The van der Waals surface area contributed by atoms with Gasteiger partial charge in [0.05, 0.1) is 0 Å². The van der Waals surface area contributed by atoms with E-state index in [2.05, 4.69) is 41.2 Å². The van der Waals surface area contributed by atoms with E-state index in [1.807, 2.05) is 45.0 Å². The number of aryl methyl sites for hydroxylation is 3. The number of nitrogens with one attached hydrogen (secondary N) is 1. The van der Waals surface area contributed by atoms with E-state index >= 15 is 0 Å². The topological polar surface area (TPSA) is 38.3 Å². The molecule has 0 saturated heterocycles. The normalized spacial score (nSPS) is 10.8. The molecule has 0 spiro atoms. The molecule has 0 heterocycles. The van der Waals surface area contributed by atoms with Gasteiger partial charge in [-0.25, -0.2) is 0 Å². The van der Waals surface area contributed by atoms with Crippen molar-refractivity contribution in [2.24, 2.45) is 0 Å². The van der Waals surface area contributed by atoms with Crippen molar-refractivity contribution in [1.29, 1.82) is 0 Å². The van der Waals surface area contributed by atoms with Crippen molar-refractivity contribution in [3.8, 4) is 5.75 Å². The molecule has 128 valence electrons. The van der Waals surface area contributed by atoms with E-state index in [9.17, 15) is 4.79 Å². The maximum atomic E-state index is 12.4. The van der Waals surface area contributed by atoms with E-state index in [4.69, 9.17) is 4.74 Å². The number of ether oxygens (including phenoxy) is 1. The van der Waals surface area contributed by atoms with E-state index in [1.165, 1.54) is 0 Å². The van der Waals surface area contributed by atoms with Crippen molar-refractivity contribution in [3.05, 3.63) is 57.1 Å². The predicted octanol–water partition coefficient (Wildman–Crippen LogP) is 5.52. The summed E-state index contributed by atoms with van der Waals surface area (Å²) in [7, 11) is 0. The average Bonchev–Trinajstić information content (AvgIpc) is 2.47. The Balaban J connectivity index is 2.10. The van der Waals surface area contributed by atoms with Crippen molar-refractivity contribution in [2.75, 3.05) is 11.9 Å². The molecule has 0 fully saturated rings. The molecule has 2 aromatic rings. The third-order valence-corrected chi connectivity index (χ3v) is 4.42. The molecule has 24 heavy (non-hydrogen) atoms. The van der Waals surface area contributed by atoms with Gasteiger partial charge in [-0.1, -0.05) is 48.0 Å². The number of carbonyl (C=O) groups excluding carboxylic acids is 1. The lowest BCUT2D eigenvalue weighted by Gasteiger charge is -2.17. The van der Waals surface area contributed by atoms with Gasteiger partial charge in [0.15, 0.2) is 6.61 Å². The molecule has 2 rings (SSSR count). The van der Waals surface area contributed by atoms with Crippen molar-refractivity contribution in [2.45, 2.75) is 40.5 Å². The Morgan fingerprint density at radius 2 is 1.75 bits per heavy atom. The quantitative estimate of drug-likeness (QED) is 0.731. The lowest BCUT2D eigenvalue weighted by atomic mass is 9.98. The second-order valence-electron chi connectivity index (χ2n) is 6.40. The third-order valence-electron chi connectivity index (χ3n) is 3.96. The van der Waals surface area contributed by atoms with Crippen LogP contribution in [0, 0.1) is 20.8 Å². The maximum absolute atomic E-state index is 12.4. The van der Waals surface area contributed by atoms with Gasteiger partial charge in [0.25, 0.3) is 5.91 Å². The fourth-order valence-corrected chi connectivity index (χ4v) is 3.47. The highest BCUT2D eigenvalue weighted by Crippen LogP contribution is 2.29. The highest BCUT2D eigenvalue weighted by molar-refractivity contribution is 9.10. The predicted molar refractivity (Wildman–Crippen MR) is 103 cm³/mol. The molecular weight excluding hydrogens is 366 g/mol. The minimum atomic E-state index is -0.145. The Kier molecular flexibility index (Phi) is 6.05. The number of para-hydroxylation sites is 1. The first-order valence-electron chi connectivity index (χ1n) is 8.08. The molecule has 1 amide bonds. The van der Waals surface area contributed by atoms with Gasteiger partial charge in [0.1, 0.15) is 5.75 Å². The first-order valence-corrected chi connectivity index (χ1v) is 8.87. The largest absolute Gasteiger partial charge is 0.483 e. The molecule has 3 nitrogen and oxygen atoms in total. The summed E-state index contributed by atoms with van der Waals surface area (Å²) in [6.07, 6.45) is 0. The fourth-order valence-electron chi connectivity index (χ4n) is 2.78. The third kappa shape index (κ3) is 4.38. The smallest absolute Gasteiger partial charge is 0.262 e. The van der Waals surface area contributed by atoms with Gasteiger partial charge >= 0.3 is 0 Å². The fraction of sp³-hybridized carbons (Fsp3) is 0.350. The molecule has 4 heteroatoms. The summed E-state index contributed by atoms with van der Waals surface area (Å²) >= 11 is 3.47. The van der Waals surface area contributed by atoms with Crippen molar-refractivity contribution in [1.82, 2.24) is 0 Å². The number of halogens is 1. The highest BCUT2D eigenvalue weighted by Gasteiger charge is 2.13. The van der Waals surface area contributed by atoms with Crippen LogP contribution in [0.5, 0.6) is 5.75 Å². The molecule has 2 aromatic carbocycles. The number of hydrogen-bond donors (Lipinski definition) is 1. The standard InChI is InChI=1S/C20H24BrNO2/c1-12(2)17-8-6-7-13(3)19(17)22-18(23)11-24-20-14(4)9-16(21)10-15(20)5/h6-10,12H,11H2,1-5H3,(H,22,23). The Hall–Kier alpha value is -1.81. The second kappa shape index (κ2) is 7.84. The summed E-state index contributed by atoms with van der Waals surface area (Å²) in [4.78, 5) is 12.4.